The fourth-order valence-corrected chi connectivity index (χ4v) is 2.40. The first kappa shape index (κ1) is 16.0. The van der Waals surface area contributed by atoms with Crippen LogP contribution in [0.2, 0.25) is 5.02 Å². The highest BCUT2D eigenvalue weighted by molar-refractivity contribution is 6.30. The van der Waals surface area contributed by atoms with E-state index in [1.165, 1.54) is 0 Å². The number of benzene rings is 1. The molecule has 19 heavy (non-hydrogen) atoms. The maximum absolute atomic E-state index is 12.0. The van der Waals surface area contributed by atoms with Crippen LogP contribution >= 0.6 is 11.6 Å². The molecule has 2 nitrogen and oxygen atoms in total. The molecule has 0 heterocycles. The third-order valence-corrected chi connectivity index (χ3v) is 3.57. The summed E-state index contributed by atoms with van der Waals surface area (Å²) >= 11 is 5.83. The lowest BCUT2D eigenvalue weighted by molar-refractivity contribution is -0.122. The van der Waals surface area contributed by atoms with Gasteiger partial charge in [-0.25, -0.2) is 0 Å². The molecule has 0 saturated carbocycles. The maximum atomic E-state index is 12.0. The lowest BCUT2D eigenvalue weighted by Crippen LogP contribution is -2.42. The van der Waals surface area contributed by atoms with Crippen LogP contribution in [0.4, 0.5) is 0 Å². The van der Waals surface area contributed by atoms with E-state index in [4.69, 9.17) is 11.6 Å². The van der Waals surface area contributed by atoms with Crippen LogP contribution in [0.25, 0.3) is 0 Å². The van der Waals surface area contributed by atoms with Crippen LogP contribution in [0, 0.1) is 11.8 Å². The van der Waals surface area contributed by atoms with Crippen LogP contribution in [0.5, 0.6) is 0 Å². The van der Waals surface area contributed by atoms with Crippen LogP contribution in [-0.2, 0) is 11.2 Å². The van der Waals surface area contributed by atoms with Gasteiger partial charge in [0.2, 0.25) is 5.91 Å². The Morgan fingerprint density at radius 2 is 1.63 bits per heavy atom. The van der Waals surface area contributed by atoms with Gasteiger partial charge in [-0.1, -0.05) is 51.4 Å². The molecule has 0 fully saturated rings. The van der Waals surface area contributed by atoms with Crippen molar-refractivity contribution in [3.05, 3.63) is 34.9 Å². The maximum Gasteiger partial charge on any atom is 0.220 e. The fourth-order valence-electron chi connectivity index (χ4n) is 2.27. The van der Waals surface area contributed by atoms with Gasteiger partial charge in [0.15, 0.2) is 0 Å². The number of nitrogens with one attached hydrogen (secondary N) is 1. The van der Waals surface area contributed by atoms with Crippen molar-refractivity contribution in [3.8, 4) is 0 Å². The molecular weight excluding hydrogens is 258 g/mol. The van der Waals surface area contributed by atoms with Gasteiger partial charge < -0.3 is 5.32 Å². The van der Waals surface area contributed by atoms with Gasteiger partial charge in [-0.15, -0.1) is 0 Å². The van der Waals surface area contributed by atoms with Gasteiger partial charge in [0.05, 0.1) is 0 Å². The van der Waals surface area contributed by atoms with Crippen LogP contribution in [0.1, 0.15) is 39.7 Å². The minimum Gasteiger partial charge on any atom is -0.353 e. The van der Waals surface area contributed by atoms with Crippen molar-refractivity contribution in [2.45, 2.75) is 46.6 Å². The summed E-state index contributed by atoms with van der Waals surface area (Å²) in [5.41, 5.74) is 1.14. The Morgan fingerprint density at radius 3 is 2.11 bits per heavy atom. The third-order valence-electron chi connectivity index (χ3n) is 3.32. The smallest absolute Gasteiger partial charge is 0.220 e. The van der Waals surface area contributed by atoms with Crippen molar-refractivity contribution >= 4 is 17.5 Å². The minimum absolute atomic E-state index is 0.127. The molecule has 0 atom stereocenters. The quantitative estimate of drug-likeness (QED) is 0.837. The van der Waals surface area contributed by atoms with E-state index in [0.717, 1.165) is 17.0 Å². The topological polar surface area (TPSA) is 29.1 Å². The zero-order valence-electron chi connectivity index (χ0n) is 12.2. The second-order valence-electron chi connectivity index (χ2n) is 5.71. The molecule has 1 rings (SSSR count). The van der Waals surface area contributed by atoms with E-state index in [0.29, 0.717) is 18.3 Å². The number of hydrogen-bond donors (Lipinski definition) is 1. The number of amides is 1. The second kappa shape index (κ2) is 7.54. The highest BCUT2D eigenvalue weighted by atomic mass is 35.5. The first-order valence-electron chi connectivity index (χ1n) is 6.94. The van der Waals surface area contributed by atoms with Crippen molar-refractivity contribution in [2.75, 3.05) is 0 Å². The van der Waals surface area contributed by atoms with E-state index < -0.39 is 0 Å². The normalized spacial score (nSPS) is 11.4. The molecule has 0 unspecified atom stereocenters. The average Bonchev–Trinajstić information content (AvgIpc) is 2.34. The van der Waals surface area contributed by atoms with E-state index in [1.807, 2.05) is 24.3 Å². The Morgan fingerprint density at radius 1 is 1.11 bits per heavy atom. The van der Waals surface area contributed by atoms with Crippen LogP contribution in [0.15, 0.2) is 24.3 Å². The summed E-state index contributed by atoms with van der Waals surface area (Å²) < 4.78 is 0. The highest BCUT2D eigenvalue weighted by Crippen LogP contribution is 2.13. The molecule has 1 N–H and O–H groups in total. The van der Waals surface area contributed by atoms with Crippen molar-refractivity contribution in [3.63, 3.8) is 0 Å². The number of halogens is 1. The molecule has 0 radical (unpaired) electrons. The average molecular weight is 282 g/mol. The Hall–Kier alpha value is -1.02. The highest BCUT2D eigenvalue weighted by Gasteiger charge is 2.19. The molecule has 0 bridgehead atoms. The molecule has 0 saturated heterocycles. The number of aryl methyl sites for hydroxylation is 1. The monoisotopic (exact) mass is 281 g/mol. The molecule has 1 amide bonds. The summed E-state index contributed by atoms with van der Waals surface area (Å²) in [5, 5.41) is 3.86. The Labute approximate surface area is 121 Å². The van der Waals surface area contributed by atoms with Gasteiger partial charge in [0.25, 0.3) is 0 Å². The van der Waals surface area contributed by atoms with E-state index in [9.17, 15) is 4.79 Å². The molecule has 0 aliphatic rings. The molecule has 3 heteroatoms. The number of carbonyl (C=O) groups is 1. The van der Waals surface area contributed by atoms with Crippen LogP contribution < -0.4 is 5.32 Å². The van der Waals surface area contributed by atoms with Gasteiger partial charge in [-0.2, -0.15) is 0 Å². The van der Waals surface area contributed by atoms with Crippen molar-refractivity contribution in [1.82, 2.24) is 5.32 Å². The van der Waals surface area contributed by atoms with Gasteiger partial charge >= 0.3 is 0 Å². The summed E-state index contributed by atoms with van der Waals surface area (Å²) in [4.78, 5) is 12.0. The van der Waals surface area contributed by atoms with Crippen molar-refractivity contribution < 1.29 is 4.79 Å². The molecule has 106 valence electrons. The van der Waals surface area contributed by atoms with Crippen molar-refractivity contribution in [1.29, 1.82) is 0 Å². The van der Waals surface area contributed by atoms with Gasteiger partial charge in [-0.3, -0.25) is 4.79 Å². The SMILES string of the molecule is CC(C)C(NC(=O)CCc1ccc(Cl)cc1)C(C)C. The van der Waals surface area contributed by atoms with Crippen LogP contribution in [-0.4, -0.2) is 11.9 Å². The fraction of sp³-hybridized carbons (Fsp3) is 0.562. The summed E-state index contributed by atoms with van der Waals surface area (Å²) in [6, 6.07) is 7.91. The zero-order chi connectivity index (χ0) is 14.4. The Kier molecular flexibility index (Phi) is 6.36. The van der Waals surface area contributed by atoms with E-state index in [-0.39, 0.29) is 11.9 Å². The van der Waals surface area contributed by atoms with E-state index >= 15 is 0 Å². The molecular formula is C16H24ClNO. The van der Waals surface area contributed by atoms with Crippen molar-refractivity contribution in [2.24, 2.45) is 11.8 Å². The van der Waals surface area contributed by atoms with Gasteiger partial charge in [-0.05, 0) is 36.0 Å². The van der Waals surface area contributed by atoms with Crippen LogP contribution in [0.3, 0.4) is 0 Å². The van der Waals surface area contributed by atoms with E-state index in [2.05, 4.69) is 33.0 Å². The number of hydrogen-bond acceptors (Lipinski definition) is 1. The molecule has 0 aliphatic carbocycles. The molecule has 1 aromatic carbocycles. The summed E-state index contributed by atoms with van der Waals surface area (Å²) in [6.07, 6.45) is 1.28. The lowest BCUT2D eigenvalue weighted by Gasteiger charge is -2.26. The number of carbonyl (C=O) groups excluding carboxylic acids is 1. The standard InChI is InChI=1S/C16H24ClNO/c1-11(2)16(12(3)4)18-15(19)10-7-13-5-8-14(17)9-6-13/h5-6,8-9,11-12,16H,7,10H2,1-4H3,(H,18,19). The minimum atomic E-state index is 0.127. The predicted octanol–water partition coefficient (Wildman–Crippen LogP) is 4.07. The first-order valence-corrected chi connectivity index (χ1v) is 7.31. The first-order chi connectivity index (χ1) is 8.90. The molecule has 1 aromatic rings. The largest absolute Gasteiger partial charge is 0.353 e. The second-order valence-corrected chi connectivity index (χ2v) is 6.14. The number of rotatable bonds is 6. The third kappa shape index (κ3) is 5.65. The zero-order valence-corrected chi connectivity index (χ0v) is 13.0. The van der Waals surface area contributed by atoms with Gasteiger partial charge in [0.1, 0.15) is 0 Å². The Balaban J connectivity index is 2.45. The Bertz CT molecular complexity index is 390. The summed E-state index contributed by atoms with van der Waals surface area (Å²) in [5.74, 6) is 1.04. The predicted molar refractivity (Wildman–Crippen MR) is 81.4 cm³/mol. The van der Waals surface area contributed by atoms with E-state index in [1.54, 1.807) is 0 Å². The molecule has 0 spiro atoms. The summed E-state index contributed by atoms with van der Waals surface area (Å²) in [6.45, 7) is 8.57. The lowest BCUT2D eigenvalue weighted by atomic mass is 9.93. The summed E-state index contributed by atoms with van der Waals surface area (Å²) in [7, 11) is 0. The molecule has 0 aromatic heterocycles. The van der Waals surface area contributed by atoms with Gasteiger partial charge in [0, 0.05) is 17.5 Å². The molecule has 0 aliphatic heterocycles.